The lowest BCUT2D eigenvalue weighted by atomic mass is 10.3. The number of hydrogen-bond donors (Lipinski definition) is 2. The lowest BCUT2D eigenvalue weighted by Gasteiger charge is -2.13. The summed E-state index contributed by atoms with van der Waals surface area (Å²) in [6, 6.07) is 6.15. The van der Waals surface area contributed by atoms with E-state index in [2.05, 4.69) is 25.6 Å². The third kappa shape index (κ3) is 4.44. The predicted octanol–water partition coefficient (Wildman–Crippen LogP) is 3.53. The van der Waals surface area contributed by atoms with Gasteiger partial charge in [-0.05, 0) is 38.0 Å². The number of urea groups is 1. The minimum atomic E-state index is -0.871. The lowest BCUT2D eigenvalue weighted by molar-refractivity contribution is -0.132. The number of ether oxygens (including phenoxy) is 2. The Hall–Kier alpha value is -3.37. The Balaban J connectivity index is 1.36. The first-order valence-corrected chi connectivity index (χ1v) is 9.99. The predicted molar refractivity (Wildman–Crippen MR) is 111 cm³/mol. The van der Waals surface area contributed by atoms with Crippen LogP contribution >= 0.6 is 11.3 Å². The summed E-state index contributed by atoms with van der Waals surface area (Å²) in [6.45, 7) is 1.94. The second kappa shape index (κ2) is 8.17. The molecule has 3 aromatic rings. The van der Waals surface area contributed by atoms with E-state index in [1.54, 1.807) is 41.9 Å². The van der Waals surface area contributed by atoms with Gasteiger partial charge in [-0.15, -0.1) is 11.3 Å². The maximum atomic E-state index is 12.0. The zero-order valence-corrected chi connectivity index (χ0v) is 17.2. The zero-order chi connectivity index (χ0) is 21.1. The molecule has 1 aliphatic carbocycles. The fraction of sp³-hybridized carbons (Fsp3) is 0.250. The van der Waals surface area contributed by atoms with E-state index < -0.39 is 17.5 Å². The van der Waals surface area contributed by atoms with Gasteiger partial charge in [0.15, 0.2) is 0 Å². The van der Waals surface area contributed by atoms with Gasteiger partial charge in [-0.2, -0.15) is 0 Å². The standard InChI is InChI=1S/C20H19N5O4S/c1-12-22-11-16(30-12)15-9-13(5-8-21-15)29-14-3-4-17(23-10-14)24-19(27)25-18(26)20(28-2)6-7-20/h3-5,8-11H,6-7H2,1-2H3,(H2,23,24,25,26,27). The molecule has 10 heteroatoms. The van der Waals surface area contributed by atoms with Gasteiger partial charge in [-0.3, -0.25) is 20.4 Å². The third-order valence-electron chi connectivity index (χ3n) is 4.55. The van der Waals surface area contributed by atoms with Crippen LogP contribution in [-0.4, -0.2) is 39.6 Å². The van der Waals surface area contributed by atoms with Crippen molar-refractivity contribution in [3.8, 4) is 22.1 Å². The van der Waals surface area contributed by atoms with Gasteiger partial charge in [-0.1, -0.05) is 0 Å². The highest BCUT2D eigenvalue weighted by molar-refractivity contribution is 7.15. The van der Waals surface area contributed by atoms with Gasteiger partial charge in [0.25, 0.3) is 5.91 Å². The number of rotatable bonds is 6. The summed E-state index contributed by atoms with van der Waals surface area (Å²) in [5.41, 5.74) is -0.0980. The first kappa shape index (κ1) is 19.9. The normalized spacial score (nSPS) is 14.1. The first-order chi connectivity index (χ1) is 14.5. The highest BCUT2D eigenvalue weighted by atomic mass is 32.1. The number of anilines is 1. The Morgan fingerprint density at radius 3 is 2.57 bits per heavy atom. The van der Waals surface area contributed by atoms with Crippen LogP contribution in [0.4, 0.5) is 10.6 Å². The number of hydrogen-bond acceptors (Lipinski definition) is 8. The quantitative estimate of drug-likeness (QED) is 0.621. The third-order valence-corrected chi connectivity index (χ3v) is 5.49. The van der Waals surface area contributed by atoms with Crippen LogP contribution in [-0.2, 0) is 9.53 Å². The summed E-state index contributed by atoms with van der Waals surface area (Å²) in [4.78, 5) is 37.7. The molecule has 3 aromatic heterocycles. The summed E-state index contributed by atoms with van der Waals surface area (Å²) in [5.74, 6) is 0.926. The Kier molecular flexibility index (Phi) is 5.42. The van der Waals surface area contributed by atoms with Crippen molar-refractivity contribution in [3.05, 3.63) is 47.9 Å². The van der Waals surface area contributed by atoms with Gasteiger partial charge in [-0.25, -0.2) is 14.8 Å². The number of carbonyl (C=O) groups excluding carboxylic acids is 2. The molecule has 2 N–H and O–H groups in total. The molecule has 0 bridgehead atoms. The number of aryl methyl sites for hydroxylation is 1. The average molecular weight is 425 g/mol. The zero-order valence-electron chi connectivity index (χ0n) is 16.3. The van der Waals surface area contributed by atoms with Crippen molar-refractivity contribution < 1.29 is 19.1 Å². The number of pyridine rings is 2. The minimum Gasteiger partial charge on any atom is -0.456 e. The van der Waals surface area contributed by atoms with Gasteiger partial charge >= 0.3 is 6.03 Å². The summed E-state index contributed by atoms with van der Waals surface area (Å²) < 4.78 is 11.0. The topological polar surface area (TPSA) is 115 Å². The molecule has 3 heterocycles. The number of thiazole rings is 1. The number of carbonyl (C=O) groups is 2. The van der Waals surface area contributed by atoms with E-state index in [-0.39, 0.29) is 5.82 Å². The molecule has 1 saturated carbocycles. The number of imide groups is 1. The maximum Gasteiger partial charge on any atom is 0.327 e. The van der Waals surface area contributed by atoms with E-state index in [4.69, 9.17) is 9.47 Å². The van der Waals surface area contributed by atoms with Crippen LogP contribution in [0.5, 0.6) is 11.5 Å². The van der Waals surface area contributed by atoms with E-state index in [0.717, 1.165) is 15.6 Å². The van der Waals surface area contributed by atoms with E-state index in [9.17, 15) is 9.59 Å². The molecule has 0 aromatic carbocycles. The monoisotopic (exact) mass is 425 g/mol. The largest absolute Gasteiger partial charge is 0.456 e. The van der Waals surface area contributed by atoms with Crippen molar-refractivity contribution in [1.82, 2.24) is 20.3 Å². The van der Waals surface area contributed by atoms with Crippen molar-refractivity contribution in [2.24, 2.45) is 0 Å². The van der Waals surface area contributed by atoms with Gasteiger partial charge < -0.3 is 9.47 Å². The first-order valence-electron chi connectivity index (χ1n) is 9.18. The van der Waals surface area contributed by atoms with Gasteiger partial charge in [0, 0.05) is 25.6 Å². The molecule has 0 unspecified atom stereocenters. The van der Waals surface area contributed by atoms with E-state index >= 15 is 0 Å². The molecular formula is C20H19N5O4S. The number of aromatic nitrogens is 3. The lowest BCUT2D eigenvalue weighted by Crippen LogP contribution is -2.43. The van der Waals surface area contributed by atoms with Crippen LogP contribution < -0.4 is 15.4 Å². The number of nitrogens with zero attached hydrogens (tertiary/aromatic N) is 3. The van der Waals surface area contributed by atoms with Gasteiger partial charge in [0.2, 0.25) is 0 Å². The molecule has 154 valence electrons. The van der Waals surface area contributed by atoms with Gasteiger partial charge in [0.05, 0.1) is 21.8 Å². The molecule has 30 heavy (non-hydrogen) atoms. The van der Waals surface area contributed by atoms with Crippen LogP contribution in [0, 0.1) is 6.92 Å². The van der Waals surface area contributed by atoms with Crippen LogP contribution in [0.15, 0.2) is 42.9 Å². The van der Waals surface area contributed by atoms with Crippen LogP contribution in [0.1, 0.15) is 17.8 Å². The molecule has 1 aliphatic rings. The van der Waals surface area contributed by atoms with Crippen LogP contribution in [0.25, 0.3) is 10.6 Å². The average Bonchev–Trinajstić information content (AvgIpc) is 3.43. The Morgan fingerprint density at radius 2 is 1.93 bits per heavy atom. The molecule has 9 nitrogen and oxygen atoms in total. The highest BCUT2D eigenvalue weighted by Crippen LogP contribution is 2.38. The minimum absolute atomic E-state index is 0.283. The number of nitrogens with one attached hydrogen (secondary N) is 2. The number of amides is 3. The highest BCUT2D eigenvalue weighted by Gasteiger charge is 2.51. The summed E-state index contributed by atoms with van der Waals surface area (Å²) >= 11 is 1.55. The van der Waals surface area contributed by atoms with Crippen LogP contribution in [0.2, 0.25) is 0 Å². The molecule has 4 rings (SSSR count). The molecule has 0 spiro atoms. The fourth-order valence-electron chi connectivity index (χ4n) is 2.74. The molecule has 0 radical (unpaired) electrons. The van der Waals surface area contributed by atoms with Crippen LogP contribution in [0.3, 0.4) is 0 Å². The maximum absolute atomic E-state index is 12.0. The summed E-state index contributed by atoms with van der Waals surface area (Å²) in [5, 5.41) is 5.74. The summed E-state index contributed by atoms with van der Waals surface area (Å²) in [6.07, 6.45) is 6.13. The summed E-state index contributed by atoms with van der Waals surface area (Å²) in [7, 11) is 1.45. The Labute approximate surface area is 176 Å². The molecule has 0 saturated heterocycles. The fourth-order valence-corrected chi connectivity index (χ4v) is 3.49. The van der Waals surface area contributed by atoms with Crippen molar-refractivity contribution in [2.75, 3.05) is 12.4 Å². The second-order valence-corrected chi connectivity index (χ2v) is 7.94. The molecule has 0 aliphatic heterocycles. The molecule has 1 fully saturated rings. The van der Waals surface area contributed by atoms with E-state index in [1.165, 1.54) is 13.3 Å². The molecule has 3 amide bonds. The van der Waals surface area contributed by atoms with Gasteiger partial charge in [0.1, 0.15) is 22.9 Å². The van der Waals surface area contributed by atoms with E-state index in [1.807, 2.05) is 13.0 Å². The Bertz CT molecular complexity index is 1080. The SMILES string of the molecule is COC1(C(=O)NC(=O)Nc2ccc(Oc3ccnc(-c4cnc(C)s4)c3)cn2)CC1. The number of methoxy groups -OCH3 is 1. The van der Waals surface area contributed by atoms with E-state index in [0.29, 0.717) is 24.3 Å². The second-order valence-electron chi connectivity index (χ2n) is 6.71. The Morgan fingerprint density at radius 1 is 1.10 bits per heavy atom. The smallest absolute Gasteiger partial charge is 0.327 e. The molecule has 0 atom stereocenters. The molecular weight excluding hydrogens is 406 g/mol. The van der Waals surface area contributed by atoms with Crippen molar-refractivity contribution in [1.29, 1.82) is 0 Å². The van der Waals surface area contributed by atoms with Crippen molar-refractivity contribution in [2.45, 2.75) is 25.4 Å². The van der Waals surface area contributed by atoms with Crippen molar-refractivity contribution in [3.63, 3.8) is 0 Å². The van der Waals surface area contributed by atoms with Crippen molar-refractivity contribution >= 4 is 29.1 Å².